The van der Waals surface area contributed by atoms with E-state index in [4.69, 9.17) is 10.8 Å². The fraction of sp³-hybridized carbons (Fsp3) is 0.100. The normalized spacial score (nSPS) is 10.6. The van der Waals surface area contributed by atoms with Crippen LogP contribution in [0.2, 0.25) is 0 Å². The van der Waals surface area contributed by atoms with Crippen molar-refractivity contribution in [1.82, 2.24) is 0 Å². The molecule has 1 aromatic rings. The van der Waals surface area contributed by atoms with E-state index in [0.29, 0.717) is 5.69 Å². The first kappa shape index (κ1) is 10.7. The van der Waals surface area contributed by atoms with Gasteiger partial charge >= 0.3 is 5.97 Å². The van der Waals surface area contributed by atoms with Crippen molar-refractivity contribution in [3.05, 3.63) is 29.8 Å². The van der Waals surface area contributed by atoms with Crippen molar-refractivity contribution in [3.8, 4) is 0 Å². The highest BCUT2D eigenvalue weighted by atomic mass is 32.2. The van der Waals surface area contributed by atoms with Crippen molar-refractivity contribution < 1.29 is 9.90 Å². The zero-order chi connectivity index (χ0) is 10.6. The lowest BCUT2D eigenvalue weighted by atomic mass is 10.1. The highest BCUT2D eigenvalue weighted by molar-refractivity contribution is 7.98. The van der Waals surface area contributed by atoms with Gasteiger partial charge in [0.15, 0.2) is 0 Å². The van der Waals surface area contributed by atoms with Crippen molar-refractivity contribution in [2.75, 3.05) is 12.0 Å². The number of nitrogens with two attached hydrogens (primary N) is 1. The minimum Gasteiger partial charge on any atom is -0.478 e. The molecule has 0 unspecified atom stereocenters. The van der Waals surface area contributed by atoms with Crippen molar-refractivity contribution >= 4 is 29.5 Å². The maximum Gasteiger partial charge on any atom is 0.328 e. The van der Waals surface area contributed by atoms with Crippen LogP contribution in [0.4, 0.5) is 5.69 Å². The first-order valence-corrected chi connectivity index (χ1v) is 5.20. The van der Waals surface area contributed by atoms with Crippen LogP contribution in [0.1, 0.15) is 5.56 Å². The van der Waals surface area contributed by atoms with Gasteiger partial charge in [0, 0.05) is 16.7 Å². The summed E-state index contributed by atoms with van der Waals surface area (Å²) in [7, 11) is 0. The van der Waals surface area contributed by atoms with Crippen LogP contribution in [-0.4, -0.2) is 17.3 Å². The second-order valence-corrected chi connectivity index (χ2v) is 3.55. The van der Waals surface area contributed by atoms with Gasteiger partial charge in [-0.3, -0.25) is 0 Å². The Morgan fingerprint density at radius 1 is 1.57 bits per heavy atom. The van der Waals surface area contributed by atoms with E-state index in [9.17, 15) is 4.79 Å². The van der Waals surface area contributed by atoms with E-state index in [-0.39, 0.29) is 0 Å². The molecule has 0 bridgehead atoms. The molecule has 0 radical (unpaired) electrons. The molecular formula is C10H11NO2S. The number of rotatable bonds is 3. The molecule has 1 aromatic carbocycles. The minimum atomic E-state index is -0.974. The number of aliphatic carboxylic acids is 1. The Bertz CT molecular complexity index is 374. The third-order valence-corrected chi connectivity index (χ3v) is 2.42. The average Bonchev–Trinajstić information content (AvgIpc) is 2.15. The van der Waals surface area contributed by atoms with Gasteiger partial charge in [-0.25, -0.2) is 4.79 Å². The largest absolute Gasteiger partial charge is 0.478 e. The Labute approximate surface area is 86.6 Å². The van der Waals surface area contributed by atoms with Gasteiger partial charge in [0.05, 0.1) is 0 Å². The smallest absolute Gasteiger partial charge is 0.328 e. The van der Waals surface area contributed by atoms with Gasteiger partial charge in [-0.15, -0.1) is 11.8 Å². The van der Waals surface area contributed by atoms with Gasteiger partial charge in [0.1, 0.15) is 0 Å². The van der Waals surface area contributed by atoms with Crippen LogP contribution in [0.5, 0.6) is 0 Å². The molecular weight excluding hydrogens is 198 g/mol. The number of hydrogen-bond donors (Lipinski definition) is 2. The van der Waals surface area contributed by atoms with E-state index < -0.39 is 5.97 Å². The third kappa shape index (κ3) is 2.81. The predicted molar refractivity (Wildman–Crippen MR) is 59.3 cm³/mol. The van der Waals surface area contributed by atoms with E-state index in [2.05, 4.69) is 0 Å². The summed E-state index contributed by atoms with van der Waals surface area (Å²) in [6, 6.07) is 5.54. The Morgan fingerprint density at radius 3 is 2.79 bits per heavy atom. The number of hydrogen-bond acceptors (Lipinski definition) is 3. The van der Waals surface area contributed by atoms with Crippen molar-refractivity contribution in [1.29, 1.82) is 0 Å². The summed E-state index contributed by atoms with van der Waals surface area (Å²) in [6.07, 6.45) is 4.52. The monoisotopic (exact) mass is 209 g/mol. The Balaban J connectivity index is 2.94. The Morgan fingerprint density at radius 2 is 2.29 bits per heavy atom. The van der Waals surface area contributed by atoms with E-state index in [1.54, 1.807) is 17.8 Å². The lowest BCUT2D eigenvalue weighted by molar-refractivity contribution is -0.131. The lowest BCUT2D eigenvalue weighted by Crippen LogP contribution is -1.91. The first-order chi connectivity index (χ1) is 6.63. The van der Waals surface area contributed by atoms with Gasteiger partial charge < -0.3 is 10.8 Å². The molecule has 0 spiro atoms. The van der Waals surface area contributed by atoms with E-state index >= 15 is 0 Å². The number of benzene rings is 1. The van der Waals surface area contributed by atoms with Crippen molar-refractivity contribution in [2.24, 2.45) is 0 Å². The molecule has 1 rings (SSSR count). The number of thioether (sulfide) groups is 1. The highest BCUT2D eigenvalue weighted by Gasteiger charge is 1.97. The second kappa shape index (κ2) is 4.72. The fourth-order valence-electron chi connectivity index (χ4n) is 0.993. The molecule has 74 valence electrons. The zero-order valence-corrected chi connectivity index (χ0v) is 8.54. The summed E-state index contributed by atoms with van der Waals surface area (Å²) < 4.78 is 0. The van der Waals surface area contributed by atoms with Crippen LogP contribution in [0.15, 0.2) is 29.2 Å². The van der Waals surface area contributed by atoms with Crippen LogP contribution >= 0.6 is 11.8 Å². The number of anilines is 1. The molecule has 14 heavy (non-hydrogen) atoms. The summed E-state index contributed by atoms with van der Waals surface area (Å²) in [5.41, 5.74) is 7.04. The topological polar surface area (TPSA) is 63.3 Å². The maximum absolute atomic E-state index is 10.3. The number of nitrogen functional groups attached to an aromatic ring is 1. The van der Waals surface area contributed by atoms with Gasteiger partial charge in [-0.2, -0.15) is 0 Å². The summed E-state index contributed by atoms with van der Waals surface area (Å²) in [5.74, 6) is -0.974. The van der Waals surface area contributed by atoms with Crippen LogP contribution < -0.4 is 5.73 Å². The molecule has 0 atom stereocenters. The van der Waals surface area contributed by atoms with E-state index in [1.165, 1.54) is 6.08 Å². The summed E-state index contributed by atoms with van der Waals surface area (Å²) in [6.45, 7) is 0. The van der Waals surface area contributed by atoms with Gasteiger partial charge in [0.25, 0.3) is 0 Å². The quantitative estimate of drug-likeness (QED) is 0.454. The van der Waals surface area contributed by atoms with Crippen molar-refractivity contribution in [2.45, 2.75) is 4.90 Å². The van der Waals surface area contributed by atoms with E-state index in [0.717, 1.165) is 16.5 Å². The first-order valence-electron chi connectivity index (χ1n) is 3.98. The van der Waals surface area contributed by atoms with E-state index in [1.807, 2.05) is 18.4 Å². The van der Waals surface area contributed by atoms with Crippen LogP contribution in [0.25, 0.3) is 6.08 Å². The van der Waals surface area contributed by atoms with Crippen molar-refractivity contribution in [3.63, 3.8) is 0 Å². The molecule has 3 N–H and O–H groups in total. The minimum absolute atomic E-state index is 0.592. The van der Waals surface area contributed by atoms with Gasteiger partial charge in [-0.1, -0.05) is 6.07 Å². The molecule has 0 aliphatic heterocycles. The number of carboxylic acids is 1. The highest BCUT2D eigenvalue weighted by Crippen LogP contribution is 2.21. The summed E-state index contributed by atoms with van der Waals surface area (Å²) >= 11 is 1.60. The SMILES string of the molecule is CSc1ccc(/C=C/C(=O)O)c(N)c1. The molecule has 0 saturated heterocycles. The standard InChI is InChI=1S/C10H11NO2S/c1-14-8-4-2-7(9(11)6-8)3-5-10(12)13/h2-6H,11H2,1H3,(H,12,13)/b5-3+. The lowest BCUT2D eigenvalue weighted by Gasteiger charge is -2.02. The van der Waals surface area contributed by atoms with Crippen LogP contribution in [0, 0.1) is 0 Å². The molecule has 0 aliphatic carbocycles. The average molecular weight is 209 g/mol. The molecule has 0 saturated carbocycles. The Kier molecular flexibility index (Phi) is 3.59. The number of carbonyl (C=O) groups is 1. The second-order valence-electron chi connectivity index (χ2n) is 2.67. The Hall–Kier alpha value is -1.42. The molecule has 0 amide bonds. The summed E-state index contributed by atoms with van der Waals surface area (Å²) in [5, 5.41) is 8.43. The fourth-order valence-corrected chi connectivity index (χ4v) is 1.44. The van der Waals surface area contributed by atoms with Gasteiger partial charge in [-0.05, 0) is 30.0 Å². The van der Waals surface area contributed by atoms with Gasteiger partial charge in [0.2, 0.25) is 0 Å². The molecule has 4 heteroatoms. The third-order valence-electron chi connectivity index (χ3n) is 1.70. The molecule has 0 aromatic heterocycles. The molecule has 0 heterocycles. The molecule has 0 fully saturated rings. The predicted octanol–water partition coefficient (Wildman–Crippen LogP) is 2.09. The maximum atomic E-state index is 10.3. The number of carboxylic acid groups (broad SMARTS) is 1. The molecule has 3 nitrogen and oxygen atoms in total. The summed E-state index contributed by atoms with van der Waals surface area (Å²) in [4.78, 5) is 11.3. The molecule has 0 aliphatic rings. The zero-order valence-electron chi connectivity index (χ0n) is 7.73. The van der Waals surface area contributed by atoms with Crippen LogP contribution in [-0.2, 0) is 4.79 Å². The van der Waals surface area contributed by atoms with Crippen LogP contribution in [0.3, 0.4) is 0 Å².